The Labute approximate surface area is 151 Å². The number of anilines is 2. The number of nitrogens with zero attached hydrogens (tertiary/aromatic N) is 2. The molecule has 0 aliphatic rings. The highest BCUT2D eigenvalue weighted by atomic mass is 16.5. The number of methoxy groups -OCH3 is 2. The van der Waals surface area contributed by atoms with Crippen molar-refractivity contribution in [3.8, 4) is 11.5 Å². The van der Waals surface area contributed by atoms with Crippen LogP contribution in [-0.2, 0) is 0 Å². The molecule has 2 heterocycles. The maximum atomic E-state index is 5.42. The maximum Gasteiger partial charge on any atom is 0.162 e. The van der Waals surface area contributed by atoms with Crippen LogP contribution in [0, 0.1) is 13.8 Å². The fourth-order valence-electron chi connectivity index (χ4n) is 3.20. The third-order valence-corrected chi connectivity index (χ3v) is 4.52. The second-order valence-corrected chi connectivity index (χ2v) is 6.27. The fraction of sp³-hybridized carbons (Fsp3) is 0.200. The van der Waals surface area contributed by atoms with Crippen molar-refractivity contribution in [1.29, 1.82) is 0 Å². The SMILES string of the molecule is COc1cc2[nH]c3c(Nc4ccc(C)cc4C)ncnc3c2cc1OC. The van der Waals surface area contributed by atoms with Crippen LogP contribution in [0.5, 0.6) is 11.5 Å². The molecule has 6 heteroatoms. The molecular weight excluding hydrogens is 328 g/mol. The summed E-state index contributed by atoms with van der Waals surface area (Å²) in [5, 5.41) is 4.38. The number of ether oxygens (including phenoxy) is 2. The van der Waals surface area contributed by atoms with Gasteiger partial charge in [-0.25, -0.2) is 9.97 Å². The molecule has 2 aromatic heterocycles. The van der Waals surface area contributed by atoms with E-state index >= 15 is 0 Å². The van der Waals surface area contributed by atoms with Crippen molar-refractivity contribution < 1.29 is 9.47 Å². The molecule has 0 atom stereocenters. The van der Waals surface area contributed by atoms with Gasteiger partial charge in [-0.15, -0.1) is 0 Å². The molecule has 4 rings (SSSR count). The average molecular weight is 348 g/mol. The number of fused-ring (bicyclic) bond motifs is 3. The van der Waals surface area contributed by atoms with Gasteiger partial charge in [0.2, 0.25) is 0 Å². The van der Waals surface area contributed by atoms with Crippen molar-refractivity contribution in [2.75, 3.05) is 19.5 Å². The lowest BCUT2D eigenvalue weighted by atomic mass is 10.1. The van der Waals surface area contributed by atoms with Crippen molar-refractivity contribution in [2.24, 2.45) is 0 Å². The fourth-order valence-corrected chi connectivity index (χ4v) is 3.20. The van der Waals surface area contributed by atoms with Gasteiger partial charge in [0.05, 0.1) is 19.7 Å². The van der Waals surface area contributed by atoms with Gasteiger partial charge in [-0.2, -0.15) is 0 Å². The molecule has 4 aromatic rings. The Hall–Kier alpha value is -3.28. The lowest BCUT2D eigenvalue weighted by molar-refractivity contribution is 0.356. The highest BCUT2D eigenvalue weighted by Crippen LogP contribution is 2.36. The van der Waals surface area contributed by atoms with Crippen molar-refractivity contribution in [2.45, 2.75) is 13.8 Å². The van der Waals surface area contributed by atoms with Crippen molar-refractivity contribution >= 4 is 33.4 Å². The van der Waals surface area contributed by atoms with Gasteiger partial charge in [0.1, 0.15) is 17.4 Å². The molecule has 0 amide bonds. The summed E-state index contributed by atoms with van der Waals surface area (Å²) in [6.07, 6.45) is 1.57. The second kappa shape index (κ2) is 6.22. The highest BCUT2D eigenvalue weighted by molar-refractivity contribution is 6.09. The van der Waals surface area contributed by atoms with Gasteiger partial charge >= 0.3 is 0 Å². The molecule has 2 N–H and O–H groups in total. The lowest BCUT2D eigenvalue weighted by Crippen LogP contribution is -1.97. The minimum Gasteiger partial charge on any atom is -0.493 e. The summed E-state index contributed by atoms with van der Waals surface area (Å²) in [6.45, 7) is 4.16. The van der Waals surface area contributed by atoms with Crippen molar-refractivity contribution in [1.82, 2.24) is 15.0 Å². The van der Waals surface area contributed by atoms with E-state index in [1.165, 1.54) is 5.56 Å². The number of aromatic nitrogens is 3. The zero-order chi connectivity index (χ0) is 18.3. The Morgan fingerprint density at radius 2 is 1.73 bits per heavy atom. The van der Waals surface area contributed by atoms with E-state index in [2.05, 4.69) is 52.3 Å². The standard InChI is InChI=1S/C20H20N4O2/c1-11-5-6-14(12(2)7-11)24-20-19-18(21-10-22-20)13-8-16(25-3)17(26-4)9-15(13)23-19/h5-10,23H,1-4H3,(H,21,22,24). The molecule has 0 spiro atoms. The first-order valence-corrected chi connectivity index (χ1v) is 8.33. The predicted molar refractivity (Wildman–Crippen MR) is 104 cm³/mol. The van der Waals surface area contributed by atoms with Gasteiger partial charge in [-0.1, -0.05) is 17.7 Å². The average Bonchev–Trinajstić information content (AvgIpc) is 3.01. The van der Waals surface area contributed by atoms with Crippen LogP contribution in [-0.4, -0.2) is 29.2 Å². The van der Waals surface area contributed by atoms with Crippen LogP contribution in [0.25, 0.3) is 21.9 Å². The van der Waals surface area contributed by atoms with E-state index in [9.17, 15) is 0 Å². The first kappa shape index (κ1) is 16.2. The molecule has 0 radical (unpaired) electrons. The Balaban J connectivity index is 1.88. The van der Waals surface area contributed by atoms with Crippen LogP contribution < -0.4 is 14.8 Å². The quantitative estimate of drug-likeness (QED) is 0.568. The number of H-pyrrole nitrogens is 1. The Kier molecular flexibility index (Phi) is 3.88. The smallest absolute Gasteiger partial charge is 0.162 e. The molecule has 0 bridgehead atoms. The molecular formula is C20H20N4O2. The lowest BCUT2D eigenvalue weighted by Gasteiger charge is -2.10. The van der Waals surface area contributed by atoms with Gasteiger partial charge in [0, 0.05) is 17.1 Å². The van der Waals surface area contributed by atoms with Gasteiger partial charge < -0.3 is 19.8 Å². The topological polar surface area (TPSA) is 72.1 Å². The largest absolute Gasteiger partial charge is 0.493 e. The summed E-state index contributed by atoms with van der Waals surface area (Å²) in [4.78, 5) is 12.3. The number of hydrogen-bond donors (Lipinski definition) is 2. The van der Waals surface area contributed by atoms with Crippen LogP contribution in [0.2, 0.25) is 0 Å². The molecule has 0 saturated carbocycles. The third-order valence-electron chi connectivity index (χ3n) is 4.52. The molecule has 0 fully saturated rings. The summed E-state index contributed by atoms with van der Waals surface area (Å²) in [6, 6.07) is 10.1. The first-order chi connectivity index (χ1) is 12.6. The molecule has 0 unspecified atom stereocenters. The predicted octanol–water partition coefficient (Wildman–Crippen LogP) is 4.49. The van der Waals surface area contributed by atoms with Gasteiger partial charge in [0.25, 0.3) is 0 Å². The van der Waals surface area contributed by atoms with Crippen LogP contribution in [0.4, 0.5) is 11.5 Å². The van der Waals surface area contributed by atoms with E-state index in [0.717, 1.165) is 39.0 Å². The van der Waals surface area contributed by atoms with Crippen LogP contribution in [0.3, 0.4) is 0 Å². The first-order valence-electron chi connectivity index (χ1n) is 8.33. The Morgan fingerprint density at radius 1 is 0.962 bits per heavy atom. The van der Waals surface area contributed by atoms with Gasteiger partial charge in [-0.05, 0) is 31.5 Å². The summed E-state index contributed by atoms with van der Waals surface area (Å²) in [7, 11) is 3.25. The third kappa shape index (κ3) is 2.60. The molecule has 0 aliphatic heterocycles. The van der Waals surface area contributed by atoms with Gasteiger partial charge in [0.15, 0.2) is 17.3 Å². The number of benzene rings is 2. The van der Waals surface area contributed by atoms with E-state index in [1.807, 2.05) is 12.1 Å². The molecule has 26 heavy (non-hydrogen) atoms. The minimum absolute atomic E-state index is 0.670. The molecule has 6 nitrogen and oxygen atoms in total. The summed E-state index contributed by atoms with van der Waals surface area (Å²) in [5.74, 6) is 2.07. The van der Waals surface area contributed by atoms with Crippen LogP contribution in [0.1, 0.15) is 11.1 Å². The normalized spacial score (nSPS) is 11.1. The number of nitrogens with one attached hydrogen (secondary N) is 2. The number of aryl methyl sites for hydroxylation is 2. The summed E-state index contributed by atoms with van der Waals surface area (Å²) in [5.41, 5.74) is 6.01. The molecule has 2 aromatic carbocycles. The summed E-state index contributed by atoms with van der Waals surface area (Å²) >= 11 is 0. The minimum atomic E-state index is 0.670. The van der Waals surface area contributed by atoms with E-state index in [-0.39, 0.29) is 0 Å². The molecule has 0 saturated heterocycles. The Bertz CT molecular complexity index is 1120. The van der Waals surface area contributed by atoms with E-state index in [4.69, 9.17) is 9.47 Å². The van der Waals surface area contributed by atoms with E-state index in [1.54, 1.807) is 20.5 Å². The monoisotopic (exact) mass is 348 g/mol. The number of aromatic amines is 1. The molecule has 0 aliphatic carbocycles. The zero-order valence-corrected chi connectivity index (χ0v) is 15.2. The van der Waals surface area contributed by atoms with Gasteiger partial charge in [-0.3, -0.25) is 0 Å². The van der Waals surface area contributed by atoms with E-state index < -0.39 is 0 Å². The number of hydrogen-bond acceptors (Lipinski definition) is 5. The highest BCUT2D eigenvalue weighted by Gasteiger charge is 2.15. The molecule has 132 valence electrons. The van der Waals surface area contributed by atoms with Crippen molar-refractivity contribution in [3.63, 3.8) is 0 Å². The van der Waals surface area contributed by atoms with E-state index in [0.29, 0.717) is 11.5 Å². The maximum absolute atomic E-state index is 5.42. The Morgan fingerprint density at radius 3 is 2.46 bits per heavy atom. The van der Waals surface area contributed by atoms with Crippen molar-refractivity contribution in [3.05, 3.63) is 47.8 Å². The second-order valence-electron chi connectivity index (χ2n) is 6.27. The van der Waals surface area contributed by atoms with Crippen LogP contribution in [0.15, 0.2) is 36.7 Å². The van der Waals surface area contributed by atoms with Crippen LogP contribution >= 0.6 is 0 Å². The summed E-state index contributed by atoms with van der Waals surface area (Å²) < 4.78 is 10.8. The number of rotatable bonds is 4. The zero-order valence-electron chi connectivity index (χ0n) is 15.2.